The first-order valence-corrected chi connectivity index (χ1v) is 5.70. The molecule has 0 aliphatic rings. The molecule has 5 heteroatoms. The summed E-state index contributed by atoms with van der Waals surface area (Å²) in [6, 6.07) is 10.6. The van der Waals surface area contributed by atoms with Gasteiger partial charge in [-0.05, 0) is 36.4 Å². The average Bonchev–Trinajstić information content (AvgIpc) is 2.38. The van der Waals surface area contributed by atoms with Gasteiger partial charge >= 0.3 is 5.97 Å². The Labute approximate surface area is 109 Å². The van der Waals surface area contributed by atoms with Gasteiger partial charge in [0.2, 0.25) is 0 Å². The van der Waals surface area contributed by atoms with Crippen molar-refractivity contribution >= 4 is 23.3 Å². The molecule has 0 radical (unpaired) electrons. The third-order valence-electron chi connectivity index (χ3n) is 2.39. The summed E-state index contributed by atoms with van der Waals surface area (Å²) in [4.78, 5) is 14.7. The molecule has 2 rings (SSSR count). The van der Waals surface area contributed by atoms with Crippen molar-refractivity contribution in [2.24, 2.45) is 0 Å². The Hall–Kier alpha value is -2.07. The highest BCUT2D eigenvalue weighted by Crippen LogP contribution is 2.14. The summed E-state index contributed by atoms with van der Waals surface area (Å²) in [5.74, 6) is -0.972. The minimum absolute atomic E-state index is 0.185. The SMILES string of the molecule is O=C(O)c1ccc(CNc2ccc(Cl)cc2)nc1. The lowest BCUT2D eigenvalue weighted by Crippen LogP contribution is -2.03. The number of rotatable bonds is 4. The highest BCUT2D eigenvalue weighted by atomic mass is 35.5. The predicted molar refractivity (Wildman–Crippen MR) is 70.0 cm³/mol. The normalized spacial score (nSPS) is 10.1. The second-order valence-corrected chi connectivity index (χ2v) is 4.14. The first kappa shape index (κ1) is 12.4. The molecule has 0 spiro atoms. The Bertz CT molecular complexity index is 538. The lowest BCUT2D eigenvalue weighted by Gasteiger charge is -2.06. The van der Waals surface area contributed by atoms with Gasteiger partial charge in [0.1, 0.15) is 0 Å². The van der Waals surface area contributed by atoms with Gasteiger partial charge in [-0.25, -0.2) is 4.79 Å². The van der Waals surface area contributed by atoms with E-state index in [1.165, 1.54) is 12.3 Å². The van der Waals surface area contributed by atoms with Crippen LogP contribution in [0.1, 0.15) is 16.1 Å². The molecule has 2 N–H and O–H groups in total. The molecular formula is C13H11ClN2O2. The van der Waals surface area contributed by atoms with Gasteiger partial charge in [-0.3, -0.25) is 4.98 Å². The van der Waals surface area contributed by atoms with Gasteiger partial charge in [0, 0.05) is 16.9 Å². The van der Waals surface area contributed by atoms with Crippen molar-refractivity contribution in [2.75, 3.05) is 5.32 Å². The smallest absolute Gasteiger partial charge is 0.337 e. The molecule has 0 amide bonds. The molecule has 18 heavy (non-hydrogen) atoms. The summed E-state index contributed by atoms with van der Waals surface area (Å²) in [5, 5.41) is 12.6. The molecule has 1 heterocycles. The van der Waals surface area contributed by atoms with Gasteiger partial charge in [-0.2, -0.15) is 0 Å². The van der Waals surface area contributed by atoms with Gasteiger partial charge in [0.25, 0.3) is 0 Å². The van der Waals surface area contributed by atoms with E-state index in [2.05, 4.69) is 10.3 Å². The fraction of sp³-hybridized carbons (Fsp3) is 0.0769. The molecule has 0 bridgehead atoms. The van der Waals surface area contributed by atoms with Crippen LogP contribution in [-0.2, 0) is 6.54 Å². The molecule has 2 aromatic rings. The van der Waals surface area contributed by atoms with Gasteiger partial charge < -0.3 is 10.4 Å². The van der Waals surface area contributed by atoms with Crippen LogP contribution in [0, 0.1) is 0 Å². The van der Waals surface area contributed by atoms with Crippen LogP contribution in [0.5, 0.6) is 0 Å². The van der Waals surface area contributed by atoms with Crippen molar-refractivity contribution in [1.82, 2.24) is 4.98 Å². The second kappa shape index (κ2) is 5.51. The van der Waals surface area contributed by atoms with E-state index < -0.39 is 5.97 Å². The number of hydrogen-bond acceptors (Lipinski definition) is 3. The van der Waals surface area contributed by atoms with E-state index in [-0.39, 0.29) is 5.56 Å². The van der Waals surface area contributed by atoms with E-state index in [1.807, 2.05) is 12.1 Å². The second-order valence-electron chi connectivity index (χ2n) is 3.70. The van der Waals surface area contributed by atoms with Crippen LogP contribution in [0.3, 0.4) is 0 Å². The highest BCUT2D eigenvalue weighted by Gasteiger charge is 2.02. The first-order valence-electron chi connectivity index (χ1n) is 5.33. The maximum absolute atomic E-state index is 10.7. The van der Waals surface area contributed by atoms with E-state index in [9.17, 15) is 4.79 Å². The molecule has 1 aromatic heterocycles. The molecule has 0 aliphatic carbocycles. The molecule has 0 saturated heterocycles. The number of hydrogen-bond donors (Lipinski definition) is 2. The van der Waals surface area contributed by atoms with Crippen LogP contribution in [-0.4, -0.2) is 16.1 Å². The number of pyridine rings is 1. The fourth-order valence-electron chi connectivity index (χ4n) is 1.42. The standard InChI is InChI=1S/C13H11ClN2O2/c14-10-2-5-11(6-3-10)16-8-12-4-1-9(7-15-12)13(17)18/h1-7,16H,8H2,(H,17,18). The number of carboxylic acid groups (broad SMARTS) is 1. The summed E-state index contributed by atoms with van der Waals surface area (Å²) in [6.45, 7) is 0.529. The lowest BCUT2D eigenvalue weighted by molar-refractivity contribution is 0.0696. The van der Waals surface area contributed by atoms with Crippen molar-refractivity contribution < 1.29 is 9.90 Å². The Morgan fingerprint density at radius 3 is 2.50 bits per heavy atom. The van der Waals surface area contributed by atoms with E-state index in [1.54, 1.807) is 18.2 Å². The number of nitrogens with zero attached hydrogens (tertiary/aromatic N) is 1. The predicted octanol–water partition coefficient (Wildman–Crippen LogP) is 3.05. The van der Waals surface area contributed by atoms with Gasteiger partial charge in [0.15, 0.2) is 0 Å². The molecule has 0 aliphatic heterocycles. The monoisotopic (exact) mass is 262 g/mol. The molecule has 0 fully saturated rings. The largest absolute Gasteiger partial charge is 0.478 e. The number of halogens is 1. The Kier molecular flexibility index (Phi) is 3.79. The van der Waals surface area contributed by atoms with Gasteiger partial charge in [0.05, 0.1) is 17.8 Å². The summed E-state index contributed by atoms with van der Waals surface area (Å²) in [5.41, 5.74) is 1.89. The molecular weight excluding hydrogens is 252 g/mol. The molecule has 92 valence electrons. The number of aromatic carboxylic acids is 1. The fourth-order valence-corrected chi connectivity index (χ4v) is 1.54. The Morgan fingerprint density at radius 1 is 1.22 bits per heavy atom. The van der Waals surface area contributed by atoms with Crippen LogP contribution < -0.4 is 5.32 Å². The number of aromatic nitrogens is 1. The highest BCUT2D eigenvalue weighted by molar-refractivity contribution is 6.30. The van der Waals surface area contributed by atoms with Crippen LogP contribution in [0.25, 0.3) is 0 Å². The van der Waals surface area contributed by atoms with E-state index in [0.717, 1.165) is 11.4 Å². The van der Waals surface area contributed by atoms with Crippen molar-refractivity contribution in [2.45, 2.75) is 6.54 Å². The Morgan fingerprint density at radius 2 is 1.94 bits per heavy atom. The topological polar surface area (TPSA) is 62.2 Å². The van der Waals surface area contributed by atoms with Crippen LogP contribution >= 0.6 is 11.6 Å². The zero-order valence-electron chi connectivity index (χ0n) is 9.43. The number of carboxylic acids is 1. The van der Waals surface area contributed by atoms with Crippen molar-refractivity contribution in [3.63, 3.8) is 0 Å². The summed E-state index contributed by atoms with van der Waals surface area (Å²) < 4.78 is 0. The zero-order chi connectivity index (χ0) is 13.0. The molecule has 1 aromatic carbocycles. The van der Waals surface area contributed by atoms with Gasteiger partial charge in [-0.1, -0.05) is 11.6 Å². The Balaban J connectivity index is 1.97. The third kappa shape index (κ3) is 3.21. The maximum Gasteiger partial charge on any atom is 0.337 e. The van der Waals surface area contributed by atoms with Crippen molar-refractivity contribution in [1.29, 1.82) is 0 Å². The molecule has 0 atom stereocenters. The number of nitrogens with one attached hydrogen (secondary N) is 1. The number of anilines is 1. The van der Waals surface area contributed by atoms with Gasteiger partial charge in [-0.15, -0.1) is 0 Å². The zero-order valence-corrected chi connectivity index (χ0v) is 10.2. The molecule has 0 saturated carbocycles. The molecule has 0 unspecified atom stereocenters. The summed E-state index contributed by atoms with van der Waals surface area (Å²) >= 11 is 5.78. The van der Waals surface area contributed by atoms with Crippen molar-refractivity contribution in [3.8, 4) is 0 Å². The minimum atomic E-state index is -0.972. The van der Waals surface area contributed by atoms with E-state index in [4.69, 9.17) is 16.7 Å². The third-order valence-corrected chi connectivity index (χ3v) is 2.64. The first-order chi connectivity index (χ1) is 8.65. The number of carbonyl (C=O) groups is 1. The summed E-state index contributed by atoms with van der Waals surface area (Å²) in [6.07, 6.45) is 1.35. The number of benzene rings is 1. The quantitative estimate of drug-likeness (QED) is 0.889. The van der Waals surface area contributed by atoms with E-state index >= 15 is 0 Å². The van der Waals surface area contributed by atoms with Crippen LogP contribution in [0.15, 0.2) is 42.6 Å². The van der Waals surface area contributed by atoms with Crippen LogP contribution in [0.4, 0.5) is 5.69 Å². The average molecular weight is 263 g/mol. The summed E-state index contributed by atoms with van der Waals surface area (Å²) in [7, 11) is 0. The van der Waals surface area contributed by atoms with E-state index in [0.29, 0.717) is 11.6 Å². The molecule has 4 nitrogen and oxygen atoms in total. The van der Waals surface area contributed by atoms with Crippen LogP contribution in [0.2, 0.25) is 5.02 Å². The maximum atomic E-state index is 10.7. The van der Waals surface area contributed by atoms with Crippen molar-refractivity contribution in [3.05, 3.63) is 58.9 Å². The minimum Gasteiger partial charge on any atom is -0.478 e. The lowest BCUT2D eigenvalue weighted by atomic mass is 10.2.